The van der Waals surface area contributed by atoms with Gasteiger partial charge in [-0.1, -0.05) is 28.4 Å². The second-order valence-electron chi connectivity index (χ2n) is 4.66. The molecule has 1 aliphatic heterocycles. The van der Waals surface area contributed by atoms with Crippen LogP contribution in [-0.2, 0) is 0 Å². The standard InChI is InChI=1S/C13H13Cl2N3O/c14-10-4-9(5-11(15)6-10)12-17-13(19-18-12)8-2-1-3-16-7-8/h4-6,8,16H,1-3,7H2. The number of nitrogens with one attached hydrogen (secondary N) is 1. The van der Waals surface area contributed by atoms with E-state index < -0.39 is 0 Å². The van der Waals surface area contributed by atoms with E-state index in [9.17, 15) is 0 Å². The van der Waals surface area contributed by atoms with Crippen molar-refractivity contribution in [3.8, 4) is 11.4 Å². The highest BCUT2D eigenvalue weighted by atomic mass is 35.5. The predicted octanol–water partition coefficient (Wildman–Crippen LogP) is 3.51. The highest BCUT2D eigenvalue weighted by Crippen LogP contribution is 2.28. The van der Waals surface area contributed by atoms with Crippen LogP contribution in [0.25, 0.3) is 11.4 Å². The maximum atomic E-state index is 5.97. The van der Waals surface area contributed by atoms with Crippen LogP contribution < -0.4 is 5.32 Å². The average molecular weight is 298 g/mol. The van der Waals surface area contributed by atoms with Gasteiger partial charge in [-0.05, 0) is 37.6 Å². The lowest BCUT2D eigenvalue weighted by molar-refractivity contribution is 0.322. The molecule has 1 fully saturated rings. The van der Waals surface area contributed by atoms with E-state index >= 15 is 0 Å². The molecule has 100 valence electrons. The van der Waals surface area contributed by atoms with Crippen LogP contribution in [0, 0.1) is 0 Å². The van der Waals surface area contributed by atoms with Gasteiger partial charge in [0, 0.05) is 22.2 Å². The summed E-state index contributed by atoms with van der Waals surface area (Å²) in [5, 5.41) is 8.47. The van der Waals surface area contributed by atoms with Crippen molar-refractivity contribution in [1.82, 2.24) is 15.5 Å². The maximum absolute atomic E-state index is 5.97. The number of hydrogen-bond donors (Lipinski definition) is 1. The van der Waals surface area contributed by atoms with Crippen molar-refractivity contribution in [3.05, 3.63) is 34.1 Å². The minimum Gasteiger partial charge on any atom is -0.339 e. The van der Waals surface area contributed by atoms with Crippen molar-refractivity contribution in [2.24, 2.45) is 0 Å². The lowest BCUT2D eigenvalue weighted by Crippen LogP contribution is -2.28. The van der Waals surface area contributed by atoms with E-state index in [-0.39, 0.29) is 0 Å². The summed E-state index contributed by atoms with van der Waals surface area (Å²) in [7, 11) is 0. The van der Waals surface area contributed by atoms with Crippen LogP contribution >= 0.6 is 23.2 Å². The largest absolute Gasteiger partial charge is 0.339 e. The Morgan fingerprint density at radius 3 is 2.68 bits per heavy atom. The summed E-state index contributed by atoms with van der Waals surface area (Å²) >= 11 is 11.9. The molecule has 0 radical (unpaired) electrons. The topological polar surface area (TPSA) is 51.0 Å². The minimum atomic E-state index is 0.296. The van der Waals surface area contributed by atoms with Crippen LogP contribution in [0.5, 0.6) is 0 Å². The molecule has 1 unspecified atom stereocenters. The molecule has 6 heteroatoms. The van der Waals surface area contributed by atoms with Crippen LogP contribution in [0.4, 0.5) is 0 Å². The molecule has 0 saturated carbocycles. The highest BCUT2D eigenvalue weighted by Gasteiger charge is 2.21. The number of benzene rings is 1. The smallest absolute Gasteiger partial charge is 0.231 e. The zero-order chi connectivity index (χ0) is 13.2. The van der Waals surface area contributed by atoms with Crippen molar-refractivity contribution < 1.29 is 4.52 Å². The second-order valence-corrected chi connectivity index (χ2v) is 5.53. The lowest BCUT2D eigenvalue weighted by atomic mass is 10.00. The van der Waals surface area contributed by atoms with E-state index in [0.29, 0.717) is 27.7 Å². The van der Waals surface area contributed by atoms with E-state index in [4.69, 9.17) is 27.7 Å². The van der Waals surface area contributed by atoms with Gasteiger partial charge in [0.05, 0.1) is 5.92 Å². The van der Waals surface area contributed by atoms with Gasteiger partial charge in [-0.3, -0.25) is 0 Å². The number of piperidine rings is 1. The Bertz CT molecular complexity index is 559. The van der Waals surface area contributed by atoms with Crippen molar-refractivity contribution in [3.63, 3.8) is 0 Å². The number of hydrogen-bond acceptors (Lipinski definition) is 4. The van der Waals surface area contributed by atoms with E-state index in [1.165, 1.54) is 0 Å². The molecule has 3 rings (SSSR count). The molecular formula is C13H13Cl2N3O. The summed E-state index contributed by atoms with van der Waals surface area (Å²) in [6.07, 6.45) is 2.20. The number of aromatic nitrogens is 2. The molecule has 1 N–H and O–H groups in total. The van der Waals surface area contributed by atoms with Gasteiger partial charge in [0.1, 0.15) is 0 Å². The monoisotopic (exact) mass is 297 g/mol. The highest BCUT2D eigenvalue weighted by molar-refractivity contribution is 6.35. The van der Waals surface area contributed by atoms with E-state index in [0.717, 1.165) is 31.5 Å². The summed E-state index contributed by atoms with van der Waals surface area (Å²) in [6.45, 7) is 1.94. The molecule has 19 heavy (non-hydrogen) atoms. The Morgan fingerprint density at radius 2 is 2.00 bits per heavy atom. The molecule has 0 bridgehead atoms. The normalized spacial score (nSPS) is 19.6. The van der Waals surface area contributed by atoms with Crippen LogP contribution in [0.3, 0.4) is 0 Å². The molecule has 1 atom stereocenters. The number of halogens is 2. The van der Waals surface area contributed by atoms with Gasteiger partial charge in [0.2, 0.25) is 11.7 Å². The van der Waals surface area contributed by atoms with Gasteiger partial charge in [0.15, 0.2) is 0 Å². The van der Waals surface area contributed by atoms with Crippen LogP contribution in [0.2, 0.25) is 10.0 Å². The van der Waals surface area contributed by atoms with E-state index in [2.05, 4.69) is 15.5 Å². The molecule has 2 heterocycles. The summed E-state index contributed by atoms with van der Waals surface area (Å²) in [5.74, 6) is 1.51. The Labute approximate surface area is 121 Å². The Balaban J connectivity index is 1.87. The van der Waals surface area contributed by atoms with Crippen LogP contribution in [-0.4, -0.2) is 23.2 Å². The second kappa shape index (κ2) is 5.49. The van der Waals surface area contributed by atoms with Gasteiger partial charge in [0.25, 0.3) is 0 Å². The third-order valence-electron chi connectivity index (χ3n) is 3.21. The third-order valence-corrected chi connectivity index (χ3v) is 3.65. The molecule has 1 saturated heterocycles. The third kappa shape index (κ3) is 2.91. The fourth-order valence-electron chi connectivity index (χ4n) is 2.26. The first kappa shape index (κ1) is 12.9. The Hall–Kier alpha value is -1.10. The fraction of sp³-hybridized carbons (Fsp3) is 0.385. The maximum Gasteiger partial charge on any atom is 0.231 e. The van der Waals surface area contributed by atoms with Crippen molar-refractivity contribution in [2.75, 3.05) is 13.1 Å². The summed E-state index contributed by atoms with van der Waals surface area (Å²) in [6, 6.07) is 5.24. The summed E-state index contributed by atoms with van der Waals surface area (Å²) < 4.78 is 5.35. The summed E-state index contributed by atoms with van der Waals surface area (Å²) in [4.78, 5) is 4.45. The first-order valence-corrected chi connectivity index (χ1v) is 6.99. The zero-order valence-electron chi connectivity index (χ0n) is 10.2. The van der Waals surface area contributed by atoms with E-state index in [1.54, 1.807) is 18.2 Å². The molecule has 1 aromatic heterocycles. The number of rotatable bonds is 2. The molecule has 1 aliphatic rings. The molecule has 1 aromatic carbocycles. The molecule has 2 aromatic rings. The van der Waals surface area contributed by atoms with Crippen LogP contribution in [0.1, 0.15) is 24.7 Å². The molecule has 0 amide bonds. The molecule has 4 nitrogen and oxygen atoms in total. The van der Waals surface area contributed by atoms with E-state index in [1.807, 2.05) is 0 Å². The zero-order valence-corrected chi connectivity index (χ0v) is 11.7. The Kier molecular flexibility index (Phi) is 3.73. The van der Waals surface area contributed by atoms with Crippen LogP contribution in [0.15, 0.2) is 22.7 Å². The first-order valence-electron chi connectivity index (χ1n) is 6.23. The van der Waals surface area contributed by atoms with Crippen molar-refractivity contribution in [1.29, 1.82) is 0 Å². The predicted molar refractivity (Wildman–Crippen MR) is 74.6 cm³/mol. The average Bonchev–Trinajstić information content (AvgIpc) is 2.88. The quantitative estimate of drug-likeness (QED) is 0.921. The van der Waals surface area contributed by atoms with Gasteiger partial charge < -0.3 is 9.84 Å². The van der Waals surface area contributed by atoms with Gasteiger partial charge >= 0.3 is 0 Å². The van der Waals surface area contributed by atoms with Gasteiger partial charge in [-0.15, -0.1) is 0 Å². The Morgan fingerprint density at radius 1 is 1.21 bits per heavy atom. The molecular weight excluding hydrogens is 285 g/mol. The SMILES string of the molecule is Clc1cc(Cl)cc(-c2noc(C3CCCNC3)n2)c1. The number of nitrogens with zero attached hydrogens (tertiary/aromatic N) is 2. The van der Waals surface area contributed by atoms with Crippen molar-refractivity contribution >= 4 is 23.2 Å². The minimum absolute atomic E-state index is 0.296. The molecule has 0 spiro atoms. The fourth-order valence-corrected chi connectivity index (χ4v) is 2.79. The summed E-state index contributed by atoms with van der Waals surface area (Å²) in [5.41, 5.74) is 0.774. The van der Waals surface area contributed by atoms with Crippen molar-refractivity contribution in [2.45, 2.75) is 18.8 Å². The van der Waals surface area contributed by atoms with Gasteiger partial charge in [-0.25, -0.2) is 0 Å². The van der Waals surface area contributed by atoms with Gasteiger partial charge in [-0.2, -0.15) is 4.98 Å². The first-order chi connectivity index (χ1) is 9.22. The lowest BCUT2D eigenvalue weighted by Gasteiger charge is -2.18. The molecule has 0 aliphatic carbocycles.